The molecule has 1 aromatic rings. The van der Waals surface area contributed by atoms with Gasteiger partial charge in [-0.15, -0.1) is 0 Å². The Bertz CT molecular complexity index is 355. The SMILES string of the molecule is CCOC(=O)CCC/C=C/CCc1ccccc1. The van der Waals surface area contributed by atoms with E-state index in [0.717, 1.165) is 25.7 Å². The number of unbranched alkanes of at least 4 members (excludes halogenated alkanes) is 1. The molecule has 1 rings (SSSR count). The molecule has 98 valence electrons. The lowest BCUT2D eigenvalue weighted by Crippen LogP contribution is -2.02. The number of carbonyl (C=O) groups is 1. The zero-order valence-electron chi connectivity index (χ0n) is 11.1. The monoisotopic (exact) mass is 246 g/mol. The molecule has 0 heterocycles. The molecule has 1 aromatic carbocycles. The van der Waals surface area contributed by atoms with Crippen LogP contribution in [0.2, 0.25) is 0 Å². The smallest absolute Gasteiger partial charge is 0.305 e. The molecule has 0 spiro atoms. The first-order valence-electron chi connectivity index (χ1n) is 6.67. The number of benzene rings is 1. The maximum atomic E-state index is 11.1. The van der Waals surface area contributed by atoms with Crippen LogP contribution in [0.3, 0.4) is 0 Å². The summed E-state index contributed by atoms with van der Waals surface area (Å²) in [5, 5.41) is 0. The van der Waals surface area contributed by atoms with E-state index in [-0.39, 0.29) is 5.97 Å². The van der Waals surface area contributed by atoms with Crippen LogP contribution >= 0.6 is 0 Å². The van der Waals surface area contributed by atoms with Gasteiger partial charge in [-0.1, -0.05) is 42.5 Å². The molecule has 0 amide bonds. The molecule has 0 unspecified atom stereocenters. The zero-order chi connectivity index (χ0) is 13.1. The van der Waals surface area contributed by atoms with E-state index in [4.69, 9.17) is 4.74 Å². The fourth-order valence-electron chi connectivity index (χ4n) is 1.73. The first-order chi connectivity index (χ1) is 8.83. The molecule has 0 N–H and O–H groups in total. The number of carbonyl (C=O) groups excluding carboxylic acids is 1. The van der Waals surface area contributed by atoms with E-state index in [2.05, 4.69) is 36.4 Å². The van der Waals surface area contributed by atoms with Gasteiger partial charge in [-0.3, -0.25) is 4.79 Å². The molecule has 0 fully saturated rings. The van der Waals surface area contributed by atoms with Crippen molar-refractivity contribution in [3.8, 4) is 0 Å². The predicted octanol–water partition coefficient (Wildman–Crippen LogP) is 3.91. The largest absolute Gasteiger partial charge is 0.466 e. The van der Waals surface area contributed by atoms with Crippen LogP contribution in [0, 0.1) is 0 Å². The summed E-state index contributed by atoms with van der Waals surface area (Å²) in [7, 11) is 0. The molecule has 0 saturated carbocycles. The topological polar surface area (TPSA) is 26.3 Å². The molecule has 0 saturated heterocycles. The molecule has 0 aliphatic heterocycles. The average Bonchev–Trinajstić information content (AvgIpc) is 2.39. The number of rotatable bonds is 8. The molecule has 0 aliphatic rings. The summed E-state index contributed by atoms with van der Waals surface area (Å²) in [5.41, 5.74) is 1.37. The van der Waals surface area contributed by atoms with E-state index in [0.29, 0.717) is 13.0 Å². The van der Waals surface area contributed by atoms with Crippen molar-refractivity contribution in [3.05, 3.63) is 48.0 Å². The third kappa shape index (κ3) is 6.89. The summed E-state index contributed by atoms with van der Waals surface area (Å²) in [6.45, 7) is 2.31. The maximum Gasteiger partial charge on any atom is 0.305 e. The van der Waals surface area contributed by atoms with Gasteiger partial charge >= 0.3 is 5.97 Å². The summed E-state index contributed by atoms with van der Waals surface area (Å²) in [4.78, 5) is 11.1. The Kier molecular flexibility index (Phi) is 7.61. The highest BCUT2D eigenvalue weighted by Crippen LogP contribution is 2.04. The van der Waals surface area contributed by atoms with Crippen LogP contribution in [0.25, 0.3) is 0 Å². The Morgan fingerprint density at radius 3 is 2.61 bits per heavy atom. The third-order valence-corrected chi connectivity index (χ3v) is 2.67. The number of aryl methyl sites for hydroxylation is 1. The summed E-state index contributed by atoms with van der Waals surface area (Å²) >= 11 is 0. The number of ether oxygens (including phenoxy) is 1. The highest BCUT2D eigenvalue weighted by atomic mass is 16.5. The van der Waals surface area contributed by atoms with Crippen LogP contribution in [-0.4, -0.2) is 12.6 Å². The number of allylic oxidation sites excluding steroid dienone is 2. The fraction of sp³-hybridized carbons (Fsp3) is 0.438. The molecule has 0 radical (unpaired) electrons. The predicted molar refractivity (Wildman–Crippen MR) is 74.4 cm³/mol. The highest BCUT2D eigenvalue weighted by Gasteiger charge is 1.98. The van der Waals surface area contributed by atoms with Crippen molar-refractivity contribution >= 4 is 5.97 Å². The van der Waals surface area contributed by atoms with Gasteiger partial charge < -0.3 is 4.74 Å². The van der Waals surface area contributed by atoms with E-state index in [9.17, 15) is 4.79 Å². The standard InChI is InChI=1S/C16H22O2/c1-2-18-16(17)14-10-5-3-4-7-11-15-12-8-6-9-13-15/h3-4,6,8-9,12-13H,2,5,7,10-11,14H2,1H3/b4-3+. The quantitative estimate of drug-likeness (QED) is 0.395. The number of hydrogen-bond donors (Lipinski definition) is 0. The van der Waals surface area contributed by atoms with Gasteiger partial charge in [0.25, 0.3) is 0 Å². The first-order valence-corrected chi connectivity index (χ1v) is 6.67. The summed E-state index contributed by atoms with van der Waals surface area (Å²) in [6, 6.07) is 10.5. The van der Waals surface area contributed by atoms with Crippen molar-refractivity contribution in [1.82, 2.24) is 0 Å². The Balaban J connectivity index is 2.03. The van der Waals surface area contributed by atoms with Gasteiger partial charge in [0.1, 0.15) is 0 Å². The lowest BCUT2D eigenvalue weighted by atomic mass is 10.1. The van der Waals surface area contributed by atoms with E-state index in [1.54, 1.807) is 0 Å². The van der Waals surface area contributed by atoms with Gasteiger partial charge in [-0.25, -0.2) is 0 Å². The van der Waals surface area contributed by atoms with Crippen LogP contribution < -0.4 is 0 Å². The first kappa shape index (κ1) is 14.5. The zero-order valence-corrected chi connectivity index (χ0v) is 11.1. The third-order valence-electron chi connectivity index (χ3n) is 2.67. The number of esters is 1. The molecule has 2 nitrogen and oxygen atoms in total. The Hall–Kier alpha value is -1.57. The van der Waals surface area contributed by atoms with Gasteiger partial charge in [-0.2, -0.15) is 0 Å². The van der Waals surface area contributed by atoms with Gasteiger partial charge in [-0.05, 0) is 38.2 Å². The summed E-state index contributed by atoms with van der Waals surface area (Å²) < 4.78 is 4.86. The molecule has 2 heteroatoms. The van der Waals surface area contributed by atoms with Gasteiger partial charge in [0, 0.05) is 6.42 Å². The lowest BCUT2D eigenvalue weighted by molar-refractivity contribution is -0.143. The van der Waals surface area contributed by atoms with Crippen molar-refractivity contribution in [2.45, 2.75) is 39.0 Å². The van der Waals surface area contributed by atoms with E-state index >= 15 is 0 Å². The van der Waals surface area contributed by atoms with Gasteiger partial charge in [0.2, 0.25) is 0 Å². The van der Waals surface area contributed by atoms with E-state index < -0.39 is 0 Å². The normalized spacial score (nSPS) is 10.7. The van der Waals surface area contributed by atoms with Crippen LogP contribution in [0.15, 0.2) is 42.5 Å². The Labute approximate surface area is 110 Å². The second kappa shape index (κ2) is 9.46. The summed E-state index contributed by atoms with van der Waals surface area (Å²) in [5.74, 6) is -0.0878. The molecular formula is C16H22O2. The van der Waals surface area contributed by atoms with Crippen LogP contribution in [0.5, 0.6) is 0 Å². The Morgan fingerprint density at radius 1 is 1.17 bits per heavy atom. The van der Waals surface area contributed by atoms with Crippen molar-refractivity contribution in [1.29, 1.82) is 0 Å². The Morgan fingerprint density at radius 2 is 1.89 bits per heavy atom. The minimum atomic E-state index is -0.0878. The van der Waals surface area contributed by atoms with E-state index in [1.165, 1.54) is 5.56 Å². The number of hydrogen-bond acceptors (Lipinski definition) is 2. The maximum absolute atomic E-state index is 11.1. The lowest BCUT2D eigenvalue weighted by Gasteiger charge is -1.99. The van der Waals surface area contributed by atoms with Gasteiger partial charge in [0.15, 0.2) is 0 Å². The molecule has 0 aliphatic carbocycles. The second-order valence-electron chi connectivity index (χ2n) is 4.19. The van der Waals surface area contributed by atoms with Crippen LogP contribution in [-0.2, 0) is 16.0 Å². The van der Waals surface area contributed by atoms with Crippen LogP contribution in [0.4, 0.5) is 0 Å². The minimum Gasteiger partial charge on any atom is -0.466 e. The highest BCUT2D eigenvalue weighted by molar-refractivity contribution is 5.69. The van der Waals surface area contributed by atoms with Crippen LogP contribution in [0.1, 0.15) is 38.2 Å². The average molecular weight is 246 g/mol. The van der Waals surface area contributed by atoms with E-state index in [1.807, 2.05) is 13.0 Å². The van der Waals surface area contributed by atoms with Crippen molar-refractivity contribution in [2.75, 3.05) is 6.61 Å². The van der Waals surface area contributed by atoms with Crippen molar-refractivity contribution in [3.63, 3.8) is 0 Å². The molecule has 0 atom stereocenters. The molecule has 0 aromatic heterocycles. The van der Waals surface area contributed by atoms with Crippen molar-refractivity contribution in [2.24, 2.45) is 0 Å². The second-order valence-corrected chi connectivity index (χ2v) is 4.19. The molecular weight excluding hydrogens is 224 g/mol. The minimum absolute atomic E-state index is 0.0878. The fourth-order valence-corrected chi connectivity index (χ4v) is 1.73. The van der Waals surface area contributed by atoms with Crippen molar-refractivity contribution < 1.29 is 9.53 Å². The molecule has 18 heavy (non-hydrogen) atoms. The molecule has 0 bridgehead atoms. The summed E-state index contributed by atoms with van der Waals surface area (Å²) in [6.07, 6.45) is 8.84. The van der Waals surface area contributed by atoms with Gasteiger partial charge in [0.05, 0.1) is 6.61 Å².